The molecule has 7 heteroatoms. The summed E-state index contributed by atoms with van der Waals surface area (Å²) in [5, 5.41) is 2.78. The molecule has 2 unspecified atom stereocenters. The molecular weight excluding hydrogens is 328 g/mol. The maximum atomic E-state index is 12.7. The number of ether oxygens (including phenoxy) is 1. The zero-order valence-corrected chi connectivity index (χ0v) is 15.3. The third-order valence-corrected chi connectivity index (χ3v) is 5.77. The van der Waals surface area contributed by atoms with E-state index in [0.29, 0.717) is 25.2 Å². The number of amides is 1. The van der Waals surface area contributed by atoms with Crippen molar-refractivity contribution in [3.8, 4) is 0 Å². The molecule has 1 aliphatic rings. The summed E-state index contributed by atoms with van der Waals surface area (Å²) in [6, 6.07) is 6.33. The third-order valence-electron chi connectivity index (χ3n) is 3.92. The van der Waals surface area contributed by atoms with Gasteiger partial charge in [-0.2, -0.15) is 4.31 Å². The Hall–Kier alpha value is -1.44. The number of hydrogen-bond donors (Lipinski definition) is 1. The van der Waals surface area contributed by atoms with Crippen molar-refractivity contribution in [2.24, 2.45) is 0 Å². The van der Waals surface area contributed by atoms with Crippen LogP contribution >= 0.6 is 0 Å². The van der Waals surface area contributed by atoms with Crippen LogP contribution < -0.4 is 5.32 Å². The number of rotatable bonds is 6. The normalized spacial score (nSPS) is 22.3. The quantitative estimate of drug-likeness (QED) is 0.852. The first-order valence-electron chi connectivity index (χ1n) is 8.38. The van der Waals surface area contributed by atoms with Crippen molar-refractivity contribution in [2.45, 2.75) is 57.1 Å². The Bertz CT molecular complexity index is 648. The zero-order valence-electron chi connectivity index (χ0n) is 14.5. The molecule has 0 aromatic heterocycles. The van der Waals surface area contributed by atoms with Crippen LogP contribution in [-0.2, 0) is 19.6 Å². The van der Waals surface area contributed by atoms with Crippen molar-refractivity contribution in [2.75, 3.05) is 18.4 Å². The lowest BCUT2D eigenvalue weighted by molar-refractivity contribution is -0.116. The molecule has 0 saturated carbocycles. The van der Waals surface area contributed by atoms with Crippen LogP contribution in [0.25, 0.3) is 0 Å². The van der Waals surface area contributed by atoms with Crippen molar-refractivity contribution in [1.29, 1.82) is 0 Å². The summed E-state index contributed by atoms with van der Waals surface area (Å²) in [6.45, 7) is 6.46. The maximum Gasteiger partial charge on any atom is 0.243 e. The van der Waals surface area contributed by atoms with Crippen molar-refractivity contribution >= 4 is 21.6 Å². The molecule has 0 radical (unpaired) electrons. The summed E-state index contributed by atoms with van der Waals surface area (Å²) in [5.41, 5.74) is 0.610. The minimum Gasteiger partial charge on any atom is -0.373 e. The van der Waals surface area contributed by atoms with Crippen molar-refractivity contribution < 1.29 is 17.9 Å². The number of carbonyl (C=O) groups excluding carboxylic acids is 1. The molecule has 1 fully saturated rings. The highest BCUT2D eigenvalue weighted by Gasteiger charge is 2.32. The van der Waals surface area contributed by atoms with Gasteiger partial charge in [-0.05, 0) is 44.5 Å². The van der Waals surface area contributed by atoms with Gasteiger partial charge in [0, 0.05) is 25.2 Å². The molecule has 1 heterocycles. The molecular formula is C17H26N2O4S. The molecule has 1 aromatic carbocycles. The summed E-state index contributed by atoms with van der Waals surface area (Å²) in [5.74, 6) is -0.0525. The first kappa shape index (κ1) is 18.9. The van der Waals surface area contributed by atoms with Crippen LogP contribution in [0, 0.1) is 0 Å². The maximum absolute atomic E-state index is 12.7. The zero-order chi connectivity index (χ0) is 17.7. The van der Waals surface area contributed by atoms with E-state index in [0.717, 1.165) is 12.8 Å². The molecule has 24 heavy (non-hydrogen) atoms. The Morgan fingerprint density at radius 3 is 2.33 bits per heavy atom. The van der Waals surface area contributed by atoms with Crippen molar-refractivity contribution in [1.82, 2.24) is 4.31 Å². The SMILES string of the molecule is CCCCC(=O)Nc1ccc(S(=O)(=O)N2CC(C)OC(C)C2)cc1. The van der Waals surface area contributed by atoms with Gasteiger partial charge >= 0.3 is 0 Å². The summed E-state index contributed by atoms with van der Waals surface area (Å²) in [6.07, 6.45) is 2.02. The molecule has 2 rings (SSSR count). The van der Waals surface area contributed by atoms with E-state index in [9.17, 15) is 13.2 Å². The molecule has 1 N–H and O–H groups in total. The van der Waals surface area contributed by atoms with Crippen molar-refractivity contribution in [3.05, 3.63) is 24.3 Å². The van der Waals surface area contributed by atoms with Gasteiger partial charge in [0.2, 0.25) is 15.9 Å². The second-order valence-corrected chi connectivity index (χ2v) is 8.19. The number of hydrogen-bond acceptors (Lipinski definition) is 4. The monoisotopic (exact) mass is 354 g/mol. The third kappa shape index (κ3) is 4.78. The average molecular weight is 354 g/mol. The number of carbonyl (C=O) groups is 1. The van der Waals surface area contributed by atoms with Gasteiger partial charge < -0.3 is 10.1 Å². The van der Waals surface area contributed by atoms with Gasteiger partial charge in [0.05, 0.1) is 17.1 Å². The fraction of sp³-hybridized carbons (Fsp3) is 0.588. The minimum absolute atomic E-state index is 0.0525. The predicted molar refractivity (Wildman–Crippen MR) is 93.4 cm³/mol. The van der Waals surface area contributed by atoms with Crippen LogP contribution in [0.2, 0.25) is 0 Å². The topological polar surface area (TPSA) is 75.7 Å². The van der Waals surface area contributed by atoms with Crippen LogP contribution in [0.5, 0.6) is 0 Å². The highest BCUT2D eigenvalue weighted by atomic mass is 32.2. The van der Waals surface area contributed by atoms with E-state index in [-0.39, 0.29) is 23.0 Å². The van der Waals surface area contributed by atoms with Gasteiger partial charge in [0.15, 0.2) is 0 Å². The Kier molecular flexibility index (Phi) is 6.37. The van der Waals surface area contributed by atoms with Crippen molar-refractivity contribution in [3.63, 3.8) is 0 Å². The van der Waals surface area contributed by atoms with E-state index in [1.165, 1.54) is 16.4 Å². The Balaban J connectivity index is 2.07. The fourth-order valence-corrected chi connectivity index (χ4v) is 4.34. The number of morpholine rings is 1. The number of anilines is 1. The first-order chi connectivity index (χ1) is 11.3. The second kappa shape index (κ2) is 8.09. The number of sulfonamides is 1. The van der Waals surface area contributed by atoms with Crippen LogP contribution in [0.4, 0.5) is 5.69 Å². The van der Waals surface area contributed by atoms with Gasteiger partial charge in [-0.1, -0.05) is 13.3 Å². The highest BCUT2D eigenvalue weighted by molar-refractivity contribution is 7.89. The molecule has 1 amide bonds. The van der Waals surface area contributed by atoms with E-state index in [4.69, 9.17) is 4.74 Å². The molecule has 1 aromatic rings. The Morgan fingerprint density at radius 1 is 1.21 bits per heavy atom. The lowest BCUT2D eigenvalue weighted by atomic mass is 10.2. The van der Waals surface area contributed by atoms with E-state index < -0.39 is 10.0 Å². The molecule has 6 nitrogen and oxygen atoms in total. The Morgan fingerprint density at radius 2 is 1.79 bits per heavy atom. The summed E-state index contributed by atoms with van der Waals surface area (Å²) in [4.78, 5) is 12.0. The van der Waals surface area contributed by atoms with Crippen LogP contribution in [0.15, 0.2) is 29.2 Å². The van der Waals surface area contributed by atoms with E-state index in [1.807, 2.05) is 20.8 Å². The van der Waals surface area contributed by atoms with Gasteiger partial charge in [-0.3, -0.25) is 4.79 Å². The lowest BCUT2D eigenvalue weighted by Gasteiger charge is -2.34. The molecule has 0 bridgehead atoms. The first-order valence-corrected chi connectivity index (χ1v) is 9.82. The van der Waals surface area contributed by atoms with Gasteiger partial charge in [-0.15, -0.1) is 0 Å². The minimum atomic E-state index is -3.55. The fourth-order valence-electron chi connectivity index (χ4n) is 2.75. The van der Waals surface area contributed by atoms with Gasteiger partial charge in [-0.25, -0.2) is 8.42 Å². The lowest BCUT2D eigenvalue weighted by Crippen LogP contribution is -2.48. The smallest absolute Gasteiger partial charge is 0.243 e. The molecule has 0 aliphatic carbocycles. The van der Waals surface area contributed by atoms with Gasteiger partial charge in [0.25, 0.3) is 0 Å². The summed E-state index contributed by atoms with van der Waals surface area (Å²) in [7, 11) is -3.55. The number of nitrogens with zero attached hydrogens (tertiary/aromatic N) is 1. The number of unbranched alkanes of at least 4 members (excludes halogenated alkanes) is 1. The Labute approximate surface area is 144 Å². The second-order valence-electron chi connectivity index (χ2n) is 6.26. The predicted octanol–water partition coefficient (Wildman–Crippen LogP) is 2.61. The molecule has 1 saturated heterocycles. The molecule has 2 atom stereocenters. The average Bonchev–Trinajstić information content (AvgIpc) is 2.52. The standard InChI is InChI=1S/C17H26N2O4S/c1-4-5-6-17(20)18-15-7-9-16(10-8-15)24(21,22)19-11-13(2)23-14(3)12-19/h7-10,13-14H,4-6,11-12H2,1-3H3,(H,18,20). The molecule has 1 aliphatic heterocycles. The van der Waals surface area contributed by atoms with E-state index >= 15 is 0 Å². The van der Waals surface area contributed by atoms with Gasteiger partial charge in [0.1, 0.15) is 0 Å². The van der Waals surface area contributed by atoms with Crippen LogP contribution in [0.1, 0.15) is 40.0 Å². The van der Waals surface area contributed by atoms with Crippen LogP contribution in [-0.4, -0.2) is 43.9 Å². The number of benzene rings is 1. The van der Waals surface area contributed by atoms with Crippen LogP contribution in [0.3, 0.4) is 0 Å². The highest BCUT2D eigenvalue weighted by Crippen LogP contribution is 2.22. The summed E-state index contributed by atoms with van der Waals surface area (Å²) < 4.78 is 32.5. The molecule has 0 spiro atoms. The van der Waals surface area contributed by atoms with E-state index in [2.05, 4.69) is 5.32 Å². The molecule has 134 valence electrons. The largest absolute Gasteiger partial charge is 0.373 e. The van der Waals surface area contributed by atoms with E-state index in [1.54, 1.807) is 12.1 Å². The summed E-state index contributed by atoms with van der Waals surface area (Å²) >= 11 is 0. The number of nitrogens with one attached hydrogen (secondary N) is 1.